The van der Waals surface area contributed by atoms with Crippen molar-refractivity contribution in [3.05, 3.63) is 35.6 Å². The molecule has 0 amide bonds. The number of halogens is 1. The largest absolute Gasteiger partial charge is 0.320 e. The highest BCUT2D eigenvalue weighted by Crippen LogP contribution is 2.04. The van der Waals surface area contributed by atoms with Crippen LogP contribution in [0.3, 0.4) is 0 Å². The quantitative estimate of drug-likeness (QED) is 0.712. The summed E-state index contributed by atoms with van der Waals surface area (Å²) in [7, 11) is 4.09. The average molecular weight is 224 g/mol. The second-order valence-electron chi connectivity index (χ2n) is 4.14. The fourth-order valence-electron chi connectivity index (χ4n) is 1.61. The zero-order valence-corrected chi connectivity index (χ0v) is 10.2. The Morgan fingerprint density at radius 1 is 1.19 bits per heavy atom. The third-order valence-corrected chi connectivity index (χ3v) is 2.66. The monoisotopic (exact) mass is 224 g/mol. The molecule has 0 bridgehead atoms. The molecule has 0 saturated carbocycles. The van der Waals surface area contributed by atoms with Crippen molar-refractivity contribution in [3.8, 4) is 0 Å². The zero-order chi connectivity index (χ0) is 11.8. The summed E-state index contributed by atoms with van der Waals surface area (Å²) in [4.78, 5) is 2.31. The van der Waals surface area contributed by atoms with E-state index in [1.165, 1.54) is 17.7 Å². The summed E-state index contributed by atoms with van der Waals surface area (Å²) in [6, 6.07) is 6.76. The first-order valence-electron chi connectivity index (χ1n) is 5.80. The van der Waals surface area contributed by atoms with Gasteiger partial charge in [-0.2, -0.15) is 0 Å². The van der Waals surface area contributed by atoms with Crippen LogP contribution in [-0.4, -0.2) is 38.6 Å². The lowest BCUT2D eigenvalue weighted by molar-refractivity contribution is 0.332. The molecule has 0 aliphatic heterocycles. The average Bonchev–Trinajstić information content (AvgIpc) is 2.29. The summed E-state index contributed by atoms with van der Waals surface area (Å²) >= 11 is 0. The molecule has 16 heavy (non-hydrogen) atoms. The maximum absolute atomic E-state index is 12.7. The minimum atomic E-state index is -0.161. The van der Waals surface area contributed by atoms with Crippen LogP contribution >= 0.6 is 0 Å². The summed E-state index contributed by atoms with van der Waals surface area (Å²) in [5, 5.41) is 3.13. The molecule has 1 N–H and O–H groups in total. The Morgan fingerprint density at radius 2 is 1.88 bits per heavy atom. The van der Waals surface area contributed by atoms with Gasteiger partial charge in [0.15, 0.2) is 0 Å². The maximum Gasteiger partial charge on any atom is 0.123 e. The standard InChI is InChI=1S/C13H21FN2/c1-15-9-3-10-16(2)11-8-12-4-6-13(14)7-5-12/h4-7,15H,3,8-11H2,1-2H3. The van der Waals surface area contributed by atoms with E-state index in [1.54, 1.807) is 0 Å². The molecule has 1 aromatic carbocycles. The summed E-state index contributed by atoms with van der Waals surface area (Å²) < 4.78 is 12.7. The maximum atomic E-state index is 12.7. The molecule has 0 unspecified atom stereocenters. The molecule has 0 fully saturated rings. The molecule has 2 nitrogen and oxygen atoms in total. The molecule has 0 spiro atoms. The van der Waals surface area contributed by atoms with Crippen LogP contribution in [0.2, 0.25) is 0 Å². The van der Waals surface area contributed by atoms with Crippen molar-refractivity contribution in [1.29, 1.82) is 0 Å². The van der Waals surface area contributed by atoms with Gasteiger partial charge in [-0.05, 0) is 57.7 Å². The number of likely N-dealkylation sites (N-methyl/N-ethyl adjacent to an activating group) is 1. The highest BCUT2D eigenvalue weighted by Gasteiger charge is 1.99. The third-order valence-electron chi connectivity index (χ3n) is 2.66. The molecule has 3 heteroatoms. The van der Waals surface area contributed by atoms with Gasteiger partial charge in [0.05, 0.1) is 0 Å². The Hall–Kier alpha value is -0.930. The fourth-order valence-corrected chi connectivity index (χ4v) is 1.61. The van der Waals surface area contributed by atoms with E-state index in [4.69, 9.17) is 0 Å². The Morgan fingerprint density at radius 3 is 2.50 bits per heavy atom. The summed E-state index contributed by atoms with van der Waals surface area (Å²) in [5.41, 5.74) is 1.20. The zero-order valence-electron chi connectivity index (χ0n) is 10.2. The highest BCUT2D eigenvalue weighted by molar-refractivity contribution is 5.16. The predicted molar refractivity (Wildman–Crippen MR) is 66.1 cm³/mol. The molecule has 0 saturated heterocycles. The van der Waals surface area contributed by atoms with Crippen LogP contribution in [0.5, 0.6) is 0 Å². The first kappa shape index (κ1) is 13.1. The molecule has 1 rings (SSSR count). The molecule has 0 aliphatic carbocycles. The van der Waals surface area contributed by atoms with E-state index in [-0.39, 0.29) is 5.82 Å². The topological polar surface area (TPSA) is 15.3 Å². The molecular weight excluding hydrogens is 203 g/mol. The Labute approximate surface area is 97.5 Å². The van der Waals surface area contributed by atoms with Gasteiger partial charge < -0.3 is 10.2 Å². The molecule has 0 radical (unpaired) electrons. The first-order valence-corrected chi connectivity index (χ1v) is 5.80. The highest BCUT2D eigenvalue weighted by atomic mass is 19.1. The number of rotatable bonds is 7. The van der Waals surface area contributed by atoms with Gasteiger partial charge in [0.2, 0.25) is 0 Å². The molecule has 0 aliphatic rings. The SMILES string of the molecule is CNCCCN(C)CCc1ccc(F)cc1. The van der Waals surface area contributed by atoms with Crippen LogP contribution in [0, 0.1) is 5.82 Å². The van der Waals surface area contributed by atoms with Crippen molar-refractivity contribution in [2.75, 3.05) is 33.7 Å². The van der Waals surface area contributed by atoms with Gasteiger partial charge in [-0.15, -0.1) is 0 Å². The van der Waals surface area contributed by atoms with Crippen molar-refractivity contribution in [3.63, 3.8) is 0 Å². The number of benzene rings is 1. The van der Waals surface area contributed by atoms with Crippen LogP contribution in [0.25, 0.3) is 0 Å². The van der Waals surface area contributed by atoms with Gasteiger partial charge in [-0.1, -0.05) is 12.1 Å². The van der Waals surface area contributed by atoms with Crippen molar-refractivity contribution >= 4 is 0 Å². The minimum Gasteiger partial charge on any atom is -0.320 e. The molecular formula is C13H21FN2. The van der Waals surface area contributed by atoms with E-state index in [1.807, 2.05) is 19.2 Å². The lowest BCUT2D eigenvalue weighted by Crippen LogP contribution is -2.24. The molecule has 90 valence electrons. The van der Waals surface area contributed by atoms with Crippen LogP contribution < -0.4 is 5.32 Å². The van der Waals surface area contributed by atoms with E-state index in [2.05, 4.69) is 17.3 Å². The first-order chi connectivity index (χ1) is 7.72. The molecule has 1 aromatic rings. The lowest BCUT2D eigenvalue weighted by Gasteiger charge is -2.16. The summed E-state index contributed by atoms with van der Waals surface area (Å²) in [6.07, 6.45) is 2.15. The van der Waals surface area contributed by atoms with Crippen molar-refractivity contribution in [2.24, 2.45) is 0 Å². The van der Waals surface area contributed by atoms with Crippen LogP contribution in [-0.2, 0) is 6.42 Å². The van der Waals surface area contributed by atoms with Gasteiger partial charge in [-0.25, -0.2) is 4.39 Å². The van der Waals surface area contributed by atoms with Gasteiger partial charge >= 0.3 is 0 Å². The lowest BCUT2D eigenvalue weighted by atomic mass is 10.1. The number of nitrogens with one attached hydrogen (secondary N) is 1. The van der Waals surface area contributed by atoms with Crippen molar-refractivity contribution in [1.82, 2.24) is 10.2 Å². The van der Waals surface area contributed by atoms with Gasteiger partial charge in [0.1, 0.15) is 5.82 Å². The van der Waals surface area contributed by atoms with Crippen molar-refractivity contribution < 1.29 is 4.39 Å². The number of nitrogens with zero attached hydrogens (tertiary/aromatic N) is 1. The van der Waals surface area contributed by atoms with Crippen molar-refractivity contribution in [2.45, 2.75) is 12.8 Å². The Balaban J connectivity index is 2.20. The Kier molecular flexibility index (Phi) is 6.04. The smallest absolute Gasteiger partial charge is 0.123 e. The second kappa shape index (κ2) is 7.36. The van der Waals surface area contributed by atoms with E-state index in [0.717, 1.165) is 32.5 Å². The molecule has 0 atom stereocenters. The van der Waals surface area contributed by atoms with Crippen LogP contribution in [0.15, 0.2) is 24.3 Å². The van der Waals surface area contributed by atoms with Gasteiger partial charge in [0, 0.05) is 6.54 Å². The number of hydrogen-bond donors (Lipinski definition) is 1. The predicted octanol–water partition coefficient (Wildman–Crippen LogP) is 1.91. The van der Waals surface area contributed by atoms with E-state index in [9.17, 15) is 4.39 Å². The summed E-state index contributed by atoms with van der Waals surface area (Å²) in [6.45, 7) is 3.18. The van der Waals surface area contributed by atoms with Crippen LogP contribution in [0.1, 0.15) is 12.0 Å². The Bertz CT molecular complexity index is 284. The molecule has 0 aromatic heterocycles. The number of hydrogen-bond acceptors (Lipinski definition) is 2. The summed E-state index contributed by atoms with van der Waals surface area (Å²) in [5.74, 6) is -0.161. The van der Waals surface area contributed by atoms with Gasteiger partial charge in [0.25, 0.3) is 0 Å². The van der Waals surface area contributed by atoms with E-state index in [0.29, 0.717) is 0 Å². The van der Waals surface area contributed by atoms with E-state index >= 15 is 0 Å². The molecule has 0 heterocycles. The van der Waals surface area contributed by atoms with E-state index < -0.39 is 0 Å². The minimum absolute atomic E-state index is 0.161. The second-order valence-corrected chi connectivity index (χ2v) is 4.14. The van der Waals surface area contributed by atoms with Crippen LogP contribution in [0.4, 0.5) is 4.39 Å². The fraction of sp³-hybridized carbons (Fsp3) is 0.538. The van der Waals surface area contributed by atoms with Gasteiger partial charge in [-0.3, -0.25) is 0 Å². The third kappa shape index (κ3) is 5.24. The normalized spacial score (nSPS) is 11.0.